The molecule has 0 saturated heterocycles. The van der Waals surface area contributed by atoms with Gasteiger partial charge in [0.15, 0.2) is 0 Å². The minimum atomic E-state index is 0.873. The maximum Gasteiger partial charge on any atom is -0.0295 e. The van der Waals surface area contributed by atoms with Crippen LogP contribution in [0.2, 0.25) is 0 Å². The van der Waals surface area contributed by atoms with Crippen molar-refractivity contribution < 1.29 is 0 Å². The van der Waals surface area contributed by atoms with Gasteiger partial charge >= 0.3 is 0 Å². The van der Waals surface area contributed by atoms with Crippen molar-refractivity contribution in [1.82, 2.24) is 0 Å². The summed E-state index contributed by atoms with van der Waals surface area (Å²) in [6, 6.07) is 0. The molecule has 1 spiro atoms. The van der Waals surface area contributed by atoms with Crippen LogP contribution in [0.1, 0.15) is 65.7 Å². The average Bonchev–Trinajstić information content (AvgIpc) is 2.06. The average molecular weight is 168 g/mol. The van der Waals surface area contributed by atoms with E-state index in [1.54, 1.807) is 25.7 Å². The molecule has 0 heteroatoms. The molecule has 0 amide bonds. The topological polar surface area (TPSA) is 0 Å². The zero-order valence-corrected chi connectivity index (χ0v) is 9.03. The summed E-state index contributed by atoms with van der Waals surface area (Å²) in [5.41, 5.74) is 0.873. The molecule has 0 aromatic rings. The van der Waals surface area contributed by atoms with E-state index in [2.05, 4.69) is 6.92 Å². The highest BCUT2D eigenvalue weighted by Crippen LogP contribution is 2.52. The van der Waals surface area contributed by atoms with Gasteiger partial charge in [0.2, 0.25) is 0 Å². The van der Waals surface area contributed by atoms with E-state index in [1.165, 1.54) is 19.3 Å². The van der Waals surface area contributed by atoms with E-state index in [0.717, 1.165) is 11.3 Å². The Morgan fingerprint density at radius 2 is 1.58 bits per heavy atom. The van der Waals surface area contributed by atoms with Crippen molar-refractivity contribution in [3.8, 4) is 0 Å². The minimum Gasteiger partial charge on any atom is -0.0683 e. The molecule has 1 atom stereocenters. The van der Waals surface area contributed by atoms with Crippen LogP contribution in [0.3, 0.4) is 0 Å². The van der Waals surface area contributed by atoms with Gasteiger partial charge in [0.25, 0.3) is 0 Å². The van der Waals surface area contributed by atoms with Crippen LogP contribution in [-0.4, -0.2) is 0 Å². The van der Waals surface area contributed by atoms with E-state index in [-0.39, 0.29) is 0 Å². The van der Waals surface area contributed by atoms with Gasteiger partial charge in [0.05, 0.1) is 0 Å². The predicted octanol–water partition coefficient (Wildman–Crippen LogP) is 4.39. The Morgan fingerprint density at radius 3 is 1.92 bits per heavy atom. The van der Waals surface area contributed by atoms with Crippen molar-refractivity contribution >= 4 is 0 Å². The summed E-state index contributed by atoms with van der Waals surface area (Å²) >= 11 is 0. The molecule has 0 heterocycles. The molecule has 0 nitrogen and oxygen atoms in total. The van der Waals surface area contributed by atoms with E-state index in [1.807, 2.05) is 13.8 Å². The molecule has 72 valence electrons. The summed E-state index contributed by atoms with van der Waals surface area (Å²) in [5, 5.41) is 0. The Labute approximate surface area is 77.7 Å². The lowest BCUT2D eigenvalue weighted by Gasteiger charge is -2.47. The monoisotopic (exact) mass is 168 g/mol. The first-order valence-corrected chi connectivity index (χ1v) is 5.81. The fourth-order valence-corrected chi connectivity index (χ4v) is 2.90. The van der Waals surface area contributed by atoms with E-state index < -0.39 is 0 Å². The number of hydrogen-bond donors (Lipinski definition) is 0. The molecular formula is C12H24. The zero-order chi connectivity index (χ0) is 9.03. The molecule has 0 aromatic heterocycles. The summed E-state index contributed by atoms with van der Waals surface area (Å²) in [6.45, 7) is 6.43. The van der Waals surface area contributed by atoms with Crippen LogP contribution < -0.4 is 0 Å². The second-order valence-electron chi connectivity index (χ2n) is 4.56. The van der Waals surface area contributed by atoms with E-state index in [4.69, 9.17) is 0 Å². The number of rotatable bonds is 0. The second kappa shape index (κ2) is 4.30. The first-order chi connectivity index (χ1) is 5.81. The molecule has 0 N–H and O–H groups in total. The van der Waals surface area contributed by atoms with E-state index >= 15 is 0 Å². The van der Waals surface area contributed by atoms with Crippen LogP contribution in [0.25, 0.3) is 0 Å². The van der Waals surface area contributed by atoms with Crippen LogP contribution in [0, 0.1) is 11.3 Å². The maximum absolute atomic E-state index is 2.43. The zero-order valence-electron chi connectivity index (χ0n) is 9.03. The Kier molecular flexibility index (Phi) is 3.61. The third kappa shape index (κ3) is 2.02. The normalized spacial score (nSPS) is 31.8. The van der Waals surface area contributed by atoms with Crippen LogP contribution in [0.15, 0.2) is 0 Å². The molecule has 0 aliphatic heterocycles. The lowest BCUT2D eigenvalue weighted by Crippen LogP contribution is -2.34. The third-order valence-corrected chi connectivity index (χ3v) is 3.60. The molecule has 12 heavy (non-hydrogen) atoms. The Hall–Kier alpha value is 0. The molecule has 2 fully saturated rings. The van der Waals surface area contributed by atoms with Gasteiger partial charge in [-0.3, -0.25) is 0 Å². The molecule has 0 unspecified atom stereocenters. The third-order valence-electron chi connectivity index (χ3n) is 3.60. The molecule has 2 aliphatic rings. The highest BCUT2D eigenvalue weighted by Gasteiger charge is 2.39. The van der Waals surface area contributed by atoms with E-state index in [0.29, 0.717) is 0 Å². The van der Waals surface area contributed by atoms with Gasteiger partial charge in [-0.2, -0.15) is 0 Å². The fourth-order valence-electron chi connectivity index (χ4n) is 2.90. The van der Waals surface area contributed by atoms with Crippen molar-refractivity contribution in [2.75, 3.05) is 0 Å². The number of hydrogen-bond acceptors (Lipinski definition) is 0. The molecule has 2 rings (SSSR count). The molecule has 2 aliphatic carbocycles. The summed E-state index contributed by atoms with van der Waals surface area (Å²) < 4.78 is 0. The van der Waals surface area contributed by atoms with Crippen molar-refractivity contribution in [3.63, 3.8) is 0 Å². The van der Waals surface area contributed by atoms with Crippen LogP contribution in [0.4, 0.5) is 0 Å². The van der Waals surface area contributed by atoms with Crippen LogP contribution in [-0.2, 0) is 0 Å². The lowest BCUT2D eigenvalue weighted by molar-refractivity contribution is 0.0515. The standard InChI is InChI=1S/C10H18.C2H6/c1-9-4-2-5-10(8-9)6-3-7-10;1-2/h9H,2-8H2,1H3;1-2H3/t9-;/m1./s1. The molecule has 0 aromatic carbocycles. The van der Waals surface area contributed by atoms with Crippen molar-refractivity contribution in [1.29, 1.82) is 0 Å². The summed E-state index contributed by atoms with van der Waals surface area (Å²) in [7, 11) is 0. The van der Waals surface area contributed by atoms with E-state index in [9.17, 15) is 0 Å². The lowest BCUT2D eigenvalue weighted by atomic mass is 9.59. The predicted molar refractivity (Wildman–Crippen MR) is 55.3 cm³/mol. The van der Waals surface area contributed by atoms with Gasteiger partial charge in [-0.05, 0) is 37.0 Å². The first kappa shape index (κ1) is 10.1. The van der Waals surface area contributed by atoms with Crippen LogP contribution in [0.5, 0.6) is 0 Å². The SMILES string of the molecule is CC.C[C@@H]1CCCC2(CCC2)C1. The Bertz CT molecular complexity index is 122. The molecular weight excluding hydrogens is 144 g/mol. The smallest absolute Gasteiger partial charge is 0.0295 e. The molecule has 2 saturated carbocycles. The maximum atomic E-state index is 2.43. The fraction of sp³-hybridized carbons (Fsp3) is 1.00. The quantitative estimate of drug-likeness (QED) is 0.503. The van der Waals surface area contributed by atoms with Gasteiger partial charge in [0.1, 0.15) is 0 Å². The van der Waals surface area contributed by atoms with Crippen molar-refractivity contribution in [2.24, 2.45) is 11.3 Å². The minimum absolute atomic E-state index is 0.873. The second-order valence-corrected chi connectivity index (χ2v) is 4.56. The summed E-state index contributed by atoms with van der Waals surface area (Å²) in [4.78, 5) is 0. The molecule has 0 radical (unpaired) electrons. The summed E-state index contributed by atoms with van der Waals surface area (Å²) in [5.74, 6) is 1.04. The summed E-state index contributed by atoms with van der Waals surface area (Å²) in [6.07, 6.45) is 10.7. The first-order valence-electron chi connectivity index (χ1n) is 5.81. The van der Waals surface area contributed by atoms with Gasteiger partial charge in [0, 0.05) is 0 Å². The van der Waals surface area contributed by atoms with Gasteiger partial charge < -0.3 is 0 Å². The van der Waals surface area contributed by atoms with Gasteiger partial charge in [-0.15, -0.1) is 0 Å². The Balaban J connectivity index is 0.000000336. The van der Waals surface area contributed by atoms with Crippen molar-refractivity contribution in [3.05, 3.63) is 0 Å². The molecule has 0 bridgehead atoms. The largest absolute Gasteiger partial charge is 0.0683 e. The van der Waals surface area contributed by atoms with Gasteiger partial charge in [-0.1, -0.05) is 40.0 Å². The highest BCUT2D eigenvalue weighted by molar-refractivity contribution is 4.91. The Morgan fingerprint density at radius 1 is 1.00 bits per heavy atom. The van der Waals surface area contributed by atoms with Crippen molar-refractivity contribution in [2.45, 2.75) is 65.7 Å². The van der Waals surface area contributed by atoms with Crippen LogP contribution >= 0.6 is 0 Å². The van der Waals surface area contributed by atoms with Gasteiger partial charge in [-0.25, -0.2) is 0 Å². The highest BCUT2D eigenvalue weighted by atomic mass is 14.4.